The average Bonchev–Trinajstić information content (AvgIpc) is 3.09. The number of ketones is 1. The minimum atomic E-state index is -0.117. The quantitative estimate of drug-likeness (QED) is 0.413. The molecule has 5 nitrogen and oxygen atoms in total. The number of hydrogen-bond acceptors (Lipinski definition) is 5. The molecule has 5 heteroatoms. The lowest BCUT2D eigenvalue weighted by atomic mass is 10.0. The van der Waals surface area contributed by atoms with Crippen molar-refractivity contribution in [3.63, 3.8) is 0 Å². The van der Waals surface area contributed by atoms with Gasteiger partial charge in [-0.2, -0.15) is 0 Å². The van der Waals surface area contributed by atoms with E-state index in [-0.39, 0.29) is 18.0 Å². The van der Waals surface area contributed by atoms with Crippen LogP contribution in [0.3, 0.4) is 0 Å². The second-order valence-electron chi connectivity index (χ2n) is 8.24. The first kappa shape index (κ1) is 25.3. The van der Waals surface area contributed by atoms with Gasteiger partial charge in [-0.05, 0) is 50.5 Å². The van der Waals surface area contributed by atoms with E-state index in [0.717, 1.165) is 29.2 Å². The van der Waals surface area contributed by atoms with Gasteiger partial charge in [-0.3, -0.25) is 14.8 Å². The molecule has 0 bridgehead atoms. The summed E-state index contributed by atoms with van der Waals surface area (Å²) in [5, 5.41) is 0. The maximum absolute atomic E-state index is 11.9. The summed E-state index contributed by atoms with van der Waals surface area (Å²) in [6.07, 6.45) is 5.88. The van der Waals surface area contributed by atoms with Crippen LogP contribution in [0.1, 0.15) is 65.3 Å². The Kier molecular flexibility index (Phi) is 9.18. The number of benzene rings is 1. The second kappa shape index (κ2) is 11.6. The Morgan fingerprint density at radius 2 is 1.78 bits per heavy atom. The van der Waals surface area contributed by atoms with Crippen LogP contribution in [0, 0.1) is 0 Å². The van der Waals surface area contributed by atoms with Gasteiger partial charge in [0.2, 0.25) is 0 Å². The van der Waals surface area contributed by atoms with E-state index in [1.807, 2.05) is 25.3 Å². The van der Waals surface area contributed by atoms with Gasteiger partial charge in [0.25, 0.3) is 0 Å². The summed E-state index contributed by atoms with van der Waals surface area (Å²) < 4.78 is 0. The van der Waals surface area contributed by atoms with Crippen LogP contribution < -0.4 is 9.80 Å². The molecule has 0 saturated heterocycles. The molecule has 0 N–H and O–H groups in total. The number of anilines is 2. The summed E-state index contributed by atoms with van der Waals surface area (Å²) in [7, 11) is 3.85. The highest BCUT2D eigenvalue weighted by molar-refractivity contribution is 6.10. The smallest absolute Gasteiger partial charge is 0.155 e. The molecule has 0 amide bonds. The predicted molar refractivity (Wildman–Crippen MR) is 137 cm³/mol. The molecule has 0 fully saturated rings. The molecule has 172 valence electrons. The van der Waals surface area contributed by atoms with Crippen LogP contribution in [-0.2, 0) is 11.2 Å². The number of rotatable bonds is 6. The molecule has 2 atom stereocenters. The number of aryl methyl sites for hydroxylation is 1. The van der Waals surface area contributed by atoms with Crippen molar-refractivity contribution in [2.24, 2.45) is 4.99 Å². The fourth-order valence-corrected chi connectivity index (χ4v) is 3.83. The minimum Gasteiger partial charge on any atom is -0.346 e. The van der Waals surface area contributed by atoms with Crippen molar-refractivity contribution >= 4 is 22.9 Å². The fourth-order valence-electron chi connectivity index (χ4n) is 3.83. The van der Waals surface area contributed by atoms with E-state index in [9.17, 15) is 4.79 Å². The Labute approximate surface area is 193 Å². The van der Waals surface area contributed by atoms with Crippen molar-refractivity contribution in [1.82, 2.24) is 4.98 Å². The van der Waals surface area contributed by atoms with E-state index >= 15 is 0 Å². The third-order valence-corrected chi connectivity index (χ3v) is 5.71. The topological polar surface area (TPSA) is 48.8 Å². The molecule has 32 heavy (non-hydrogen) atoms. The molecule has 1 aliphatic heterocycles. The van der Waals surface area contributed by atoms with Gasteiger partial charge >= 0.3 is 0 Å². The summed E-state index contributed by atoms with van der Waals surface area (Å²) in [5.41, 5.74) is 6.08. The number of carbonyl (C=O) groups is 1. The molecule has 0 spiro atoms. The summed E-state index contributed by atoms with van der Waals surface area (Å²) in [5.74, 6) is 0.0573. The van der Waals surface area contributed by atoms with E-state index in [1.165, 1.54) is 12.0 Å². The third kappa shape index (κ3) is 5.45. The molecule has 1 aliphatic rings. The molecule has 2 unspecified atom stereocenters. The normalized spacial score (nSPS) is 16.9. The van der Waals surface area contributed by atoms with E-state index in [1.54, 1.807) is 14.0 Å². The predicted octanol–water partition coefficient (Wildman–Crippen LogP) is 6.01. The molecule has 2 aromatic rings. The van der Waals surface area contributed by atoms with E-state index in [2.05, 4.69) is 84.9 Å². The van der Waals surface area contributed by atoms with Gasteiger partial charge in [-0.25, -0.2) is 0 Å². The van der Waals surface area contributed by atoms with Crippen molar-refractivity contribution in [2.45, 2.75) is 66.6 Å². The molecule has 0 saturated carbocycles. The molecule has 3 rings (SSSR count). The molecule has 0 aliphatic carbocycles. The zero-order valence-corrected chi connectivity index (χ0v) is 20.9. The lowest BCUT2D eigenvalue weighted by Gasteiger charge is -2.36. The van der Waals surface area contributed by atoms with Crippen LogP contribution in [0.25, 0.3) is 0 Å². The van der Waals surface area contributed by atoms with Gasteiger partial charge in [0.05, 0.1) is 29.3 Å². The fraction of sp³-hybridized carbons (Fsp3) is 0.444. The van der Waals surface area contributed by atoms with E-state index < -0.39 is 0 Å². The molecular weight excluding hydrogens is 396 g/mol. The molecule has 1 aromatic carbocycles. The largest absolute Gasteiger partial charge is 0.346 e. The second-order valence-corrected chi connectivity index (χ2v) is 8.24. The number of aliphatic imine (C=N–C) groups is 1. The Morgan fingerprint density at radius 1 is 1.16 bits per heavy atom. The molecular formula is C27H38N4O. The Hall–Kier alpha value is -2.95. The number of pyridine rings is 1. The first-order valence-electron chi connectivity index (χ1n) is 11.5. The van der Waals surface area contributed by atoms with E-state index in [0.29, 0.717) is 5.57 Å². The zero-order valence-electron chi connectivity index (χ0n) is 20.9. The van der Waals surface area contributed by atoms with Gasteiger partial charge in [0.15, 0.2) is 5.78 Å². The van der Waals surface area contributed by atoms with Crippen molar-refractivity contribution in [2.75, 3.05) is 23.9 Å². The van der Waals surface area contributed by atoms with Gasteiger partial charge in [0.1, 0.15) is 6.17 Å². The lowest BCUT2D eigenvalue weighted by molar-refractivity contribution is -0.113. The van der Waals surface area contributed by atoms with Gasteiger partial charge < -0.3 is 9.80 Å². The van der Waals surface area contributed by atoms with Gasteiger partial charge in [-0.1, -0.05) is 57.5 Å². The van der Waals surface area contributed by atoms with Crippen LogP contribution in [0.15, 0.2) is 59.2 Å². The number of carbonyl (C=O) groups excluding carboxylic acids is 1. The Bertz CT molecular complexity index is 965. The maximum Gasteiger partial charge on any atom is 0.155 e. The van der Waals surface area contributed by atoms with Crippen molar-refractivity contribution in [1.29, 1.82) is 0 Å². The van der Waals surface area contributed by atoms with Crippen LogP contribution >= 0.6 is 0 Å². The number of aromatic nitrogens is 1. The van der Waals surface area contributed by atoms with E-state index in [4.69, 9.17) is 0 Å². The first-order valence-corrected chi connectivity index (χ1v) is 11.5. The molecule has 0 radical (unpaired) electrons. The summed E-state index contributed by atoms with van der Waals surface area (Å²) >= 11 is 0. The van der Waals surface area contributed by atoms with Crippen LogP contribution in [-0.4, -0.2) is 36.7 Å². The van der Waals surface area contributed by atoms with Crippen molar-refractivity contribution in [3.05, 3.63) is 65.5 Å². The van der Waals surface area contributed by atoms with Crippen LogP contribution in [0.2, 0.25) is 0 Å². The molecule has 1 aromatic heterocycles. The van der Waals surface area contributed by atoms with Crippen molar-refractivity contribution < 1.29 is 4.79 Å². The minimum absolute atomic E-state index is 0.0573. The third-order valence-electron chi connectivity index (χ3n) is 5.71. The molecule has 2 heterocycles. The zero-order chi connectivity index (χ0) is 23.8. The lowest BCUT2D eigenvalue weighted by Crippen LogP contribution is -2.48. The summed E-state index contributed by atoms with van der Waals surface area (Å²) in [6, 6.07) is 12.8. The Morgan fingerprint density at radius 3 is 2.31 bits per heavy atom. The monoisotopic (exact) mass is 434 g/mol. The summed E-state index contributed by atoms with van der Waals surface area (Å²) in [4.78, 5) is 25.7. The number of allylic oxidation sites excluding steroid dienone is 1. The standard InChI is InChI=1S/C24H30N4O.C3H8/c1-7-20-14-22-23(15-26-20)27(6)24(21(25-5)13-16(2)18(4)29)28(22)17(3)19-11-9-8-10-12-19;1-3-2/h8-15,17,24H,7H2,1-6H3;3H2,1-2H3/b16-13-,25-21?;. The highest BCUT2D eigenvalue weighted by Crippen LogP contribution is 2.44. The number of nitrogens with zero attached hydrogens (tertiary/aromatic N) is 4. The number of hydrogen-bond donors (Lipinski definition) is 0. The summed E-state index contributed by atoms with van der Waals surface area (Å²) in [6.45, 7) is 12.0. The Balaban J connectivity index is 0.00000114. The first-order chi connectivity index (χ1) is 15.3. The van der Waals surface area contributed by atoms with Crippen molar-refractivity contribution in [3.8, 4) is 0 Å². The van der Waals surface area contributed by atoms with Gasteiger partial charge in [0, 0.05) is 19.8 Å². The highest BCUT2D eigenvalue weighted by atomic mass is 16.1. The van der Waals surface area contributed by atoms with Gasteiger partial charge in [-0.15, -0.1) is 0 Å². The SMILES string of the molecule is CCC.CCc1cc2c(cn1)N(C)C(C(/C=C(/C)C(C)=O)=NC)N2C(C)c1ccccc1. The van der Waals surface area contributed by atoms with Crippen LogP contribution in [0.5, 0.6) is 0 Å². The maximum atomic E-state index is 11.9. The average molecular weight is 435 g/mol. The van der Waals surface area contributed by atoms with Crippen LogP contribution in [0.4, 0.5) is 11.4 Å². The highest BCUT2D eigenvalue weighted by Gasteiger charge is 2.39. The number of Topliss-reactive ketones (excluding diaryl/α,β-unsaturated/α-hetero) is 1. The number of fused-ring (bicyclic) bond motifs is 1.